The van der Waals surface area contributed by atoms with E-state index in [1.807, 2.05) is 36.4 Å². The Kier molecular flexibility index (Phi) is 6.14. The van der Waals surface area contributed by atoms with Gasteiger partial charge in [-0.05, 0) is 35.4 Å². The van der Waals surface area contributed by atoms with Crippen LogP contribution in [-0.2, 0) is 22.8 Å². The van der Waals surface area contributed by atoms with Gasteiger partial charge < -0.3 is 9.47 Å². The molecule has 23 heavy (non-hydrogen) atoms. The number of nitrogens with zero attached hydrogens (tertiary/aromatic N) is 1. The summed E-state index contributed by atoms with van der Waals surface area (Å²) in [6.45, 7) is 1.01. The molecule has 122 valence electrons. The third-order valence-corrected chi connectivity index (χ3v) is 3.46. The molecule has 0 atom stereocenters. The van der Waals surface area contributed by atoms with E-state index in [-0.39, 0.29) is 5.91 Å². The van der Waals surface area contributed by atoms with E-state index in [2.05, 4.69) is 0 Å². The van der Waals surface area contributed by atoms with Gasteiger partial charge in [0.2, 0.25) is 0 Å². The van der Waals surface area contributed by atoms with Crippen molar-refractivity contribution in [2.45, 2.75) is 13.2 Å². The van der Waals surface area contributed by atoms with Crippen molar-refractivity contribution in [3.8, 4) is 5.75 Å². The van der Waals surface area contributed by atoms with Crippen LogP contribution in [0.2, 0.25) is 0 Å². The summed E-state index contributed by atoms with van der Waals surface area (Å²) in [5.41, 5.74) is 2.67. The van der Waals surface area contributed by atoms with Crippen LogP contribution in [0.5, 0.6) is 5.75 Å². The molecule has 0 aliphatic rings. The minimum atomic E-state index is -0.182. The summed E-state index contributed by atoms with van der Waals surface area (Å²) in [5.74, 6) is 0.647. The average molecular weight is 315 g/mol. The monoisotopic (exact) mass is 315 g/mol. The first kappa shape index (κ1) is 17.0. The maximum absolute atomic E-state index is 11.9. The van der Waals surface area contributed by atoms with Crippen LogP contribution in [0.15, 0.2) is 48.5 Å². The van der Waals surface area contributed by atoms with Crippen LogP contribution < -0.4 is 4.74 Å². The molecule has 2 aromatic rings. The topological polar surface area (TPSA) is 48.0 Å². The van der Waals surface area contributed by atoms with E-state index in [9.17, 15) is 4.79 Å². The van der Waals surface area contributed by atoms with Gasteiger partial charge in [-0.25, -0.2) is 5.06 Å². The largest absolute Gasteiger partial charge is 0.497 e. The van der Waals surface area contributed by atoms with Crippen LogP contribution in [0.25, 0.3) is 0 Å². The van der Waals surface area contributed by atoms with Crippen molar-refractivity contribution in [2.24, 2.45) is 0 Å². The molecule has 0 N–H and O–H groups in total. The second-order valence-electron chi connectivity index (χ2n) is 5.02. The number of hydroxylamine groups is 2. The first-order chi connectivity index (χ1) is 11.1. The quantitative estimate of drug-likeness (QED) is 0.737. The molecule has 0 unspecified atom stereocenters. The third-order valence-electron chi connectivity index (χ3n) is 3.46. The lowest BCUT2D eigenvalue weighted by atomic mass is 10.1. The predicted molar refractivity (Wildman–Crippen MR) is 87.0 cm³/mol. The number of amides is 1. The number of benzene rings is 2. The fraction of sp³-hybridized carbons (Fsp3) is 0.278. The van der Waals surface area contributed by atoms with Crippen molar-refractivity contribution in [3.63, 3.8) is 0 Å². The van der Waals surface area contributed by atoms with E-state index in [1.165, 1.54) is 12.2 Å². The number of hydrogen-bond donors (Lipinski definition) is 0. The first-order valence-corrected chi connectivity index (χ1v) is 7.26. The Hall–Kier alpha value is -2.37. The SMILES string of the molecule is COc1ccc(COCc2ccc(C(=O)N(C)OC)cc2)cc1. The first-order valence-electron chi connectivity index (χ1n) is 7.26. The highest BCUT2D eigenvalue weighted by Crippen LogP contribution is 2.13. The molecule has 5 heteroatoms. The summed E-state index contributed by atoms with van der Waals surface area (Å²) in [5, 5.41) is 1.19. The minimum Gasteiger partial charge on any atom is -0.497 e. The Balaban J connectivity index is 1.85. The van der Waals surface area contributed by atoms with Crippen LogP contribution in [0.4, 0.5) is 0 Å². The Labute approximate surface area is 136 Å². The zero-order valence-corrected chi connectivity index (χ0v) is 13.6. The second kappa shape index (κ2) is 8.31. The molecule has 2 rings (SSSR count). The Bertz CT molecular complexity index is 622. The van der Waals surface area contributed by atoms with E-state index in [4.69, 9.17) is 14.3 Å². The van der Waals surface area contributed by atoms with Crippen LogP contribution in [0, 0.1) is 0 Å². The van der Waals surface area contributed by atoms with Crippen molar-refractivity contribution in [1.82, 2.24) is 5.06 Å². The van der Waals surface area contributed by atoms with Crippen LogP contribution >= 0.6 is 0 Å². The van der Waals surface area contributed by atoms with Crippen LogP contribution in [-0.4, -0.2) is 32.2 Å². The molecule has 0 aromatic heterocycles. The van der Waals surface area contributed by atoms with Gasteiger partial charge in [0.25, 0.3) is 5.91 Å². The summed E-state index contributed by atoms with van der Waals surface area (Å²) < 4.78 is 10.8. The fourth-order valence-corrected chi connectivity index (χ4v) is 2.02. The summed E-state index contributed by atoms with van der Waals surface area (Å²) in [6.07, 6.45) is 0. The lowest BCUT2D eigenvalue weighted by Crippen LogP contribution is -2.25. The van der Waals surface area contributed by atoms with Crippen molar-refractivity contribution >= 4 is 5.91 Å². The van der Waals surface area contributed by atoms with Crippen molar-refractivity contribution < 1.29 is 19.1 Å². The molecular formula is C18H21NO4. The predicted octanol–water partition coefficient (Wildman–Crippen LogP) is 3.05. The Morgan fingerprint density at radius 2 is 1.43 bits per heavy atom. The standard InChI is InChI=1S/C18H21NO4/c1-19(22-3)18(20)16-8-4-14(5-9-16)12-23-13-15-6-10-17(21-2)11-7-15/h4-11H,12-13H2,1-3H3. The fourth-order valence-electron chi connectivity index (χ4n) is 2.02. The normalized spacial score (nSPS) is 10.4. The minimum absolute atomic E-state index is 0.182. The van der Waals surface area contributed by atoms with E-state index in [1.54, 1.807) is 26.3 Å². The molecule has 0 aliphatic heterocycles. The van der Waals surface area contributed by atoms with E-state index in [0.29, 0.717) is 18.8 Å². The second-order valence-corrected chi connectivity index (χ2v) is 5.02. The molecule has 2 aromatic carbocycles. The molecule has 0 spiro atoms. The zero-order chi connectivity index (χ0) is 16.7. The number of methoxy groups -OCH3 is 1. The number of rotatable bonds is 7. The molecule has 0 radical (unpaired) electrons. The molecule has 0 saturated carbocycles. The molecule has 0 aliphatic carbocycles. The van der Waals surface area contributed by atoms with Gasteiger partial charge in [-0.15, -0.1) is 0 Å². The van der Waals surface area contributed by atoms with Crippen molar-refractivity contribution in [1.29, 1.82) is 0 Å². The molecule has 0 bridgehead atoms. The smallest absolute Gasteiger partial charge is 0.277 e. The highest BCUT2D eigenvalue weighted by Gasteiger charge is 2.10. The van der Waals surface area contributed by atoms with Gasteiger partial charge in [-0.3, -0.25) is 9.63 Å². The number of carbonyl (C=O) groups excluding carboxylic acids is 1. The number of ether oxygens (including phenoxy) is 2. The van der Waals surface area contributed by atoms with Gasteiger partial charge in [0, 0.05) is 12.6 Å². The van der Waals surface area contributed by atoms with E-state index < -0.39 is 0 Å². The van der Waals surface area contributed by atoms with Gasteiger partial charge >= 0.3 is 0 Å². The summed E-state index contributed by atoms with van der Waals surface area (Å²) in [7, 11) is 4.68. The molecule has 0 heterocycles. The van der Waals surface area contributed by atoms with E-state index in [0.717, 1.165) is 16.9 Å². The average Bonchev–Trinajstić information content (AvgIpc) is 2.61. The summed E-state index contributed by atoms with van der Waals surface area (Å²) in [6, 6.07) is 15.1. The Morgan fingerprint density at radius 3 is 1.91 bits per heavy atom. The van der Waals surface area contributed by atoms with Gasteiger partial charge in [-0.2, -0.15) is 0 Å². The lowest BCUT2D eigenvalue weighted by molar-refractivity contribution is -0.0757. The number of hydrogen-bond acceptors (Lipinski definition) is 4. The van der Waals surface area contributed by atoms with Gasteiger partial charge in [0.15, 0.2) is 0 Å². The van der Waals surface area contributed by atoms with Crippen LogP contribution in [0.3, 0.4) is 0 Å². The van der Waals surface area contributed by atoms with Crippen molar-refractivity contribution in [2.75, 3.05) is 21.3 Å². The maximum Gasteiger partial charge on any atom is 0.277 e. The van der Waals surface area contributed by atoms with Crippen LogP contribution in [0.1, 0.15) is 21.5 Å². The zero-order valence-electron chi connectivity index (χ0n) is 13.6. The molecular weight excluding hydrogens is 294 g/mol. The Morgan fingerprint density at radius 1 is 0.913 bits per heavy atom. The molecule has 1 amide bonds. The molecule has 0 fully saturated rings. The molecule has 0 saturated heterocycles. The molecule has 5 nitrogen and oxygen atoms in total. The van der Waals surface area contributed by atoms with Gasteiger partial charge in [-0.1, -0.05) is 24.3 Å². The van der Waals surface area contributed by atoms with Gasteiger partial charge in [0.05, 0.1) is 27.4 Å². The maximum atomic E-state index is 11.9. The lowest BCUT2D eigenvalue weighted by Gasteiger charge is -2.13. The highest BCUT2D eigenvalue weighted by atomic mass is 16.7. The summed E-state index contributed by atoms with van der Waals surface area (Å²) in [4.78, 5) is 16.8. The van der Waals surface area contributed by atoms with E-state index >= 15 is 0 Å². The number of carbonyl (C=O) groups is 1. The third kappa shape index (κ3) is 4.81. The van der Waals surface area contributed by atoms with Gasteiger partial charge in [0.1, 0.15) is 5.75 Å². The summed E-state index contributed by atoms with van der Waals surface area (Å²) >= 11 is 0. The van der Waals surface area contributed by atoms with Crippen molar-refractivity contribution in [3.05, 3.63) is 65.2 Å². The highest BCUT2D eigenvalue weighted by molar-refractivity contribution is 5.93.